The second-order valence-electron chi connectivity index (χ2n) is 7.51. The third kappa shape index (κ3) is 5.03. The molecule has 0 atom stereocenters. The third-order valence-corrected chi connectivity index (χ3v) is 5.55. The highest BCUT2D eigenvalue weighted by Gasteiger charge is 2.23. The molecule has 3 heterocycles. The van der Waals surface area contributed by atoms with E-state index in [9.17, 15) is 9.18 Å². The van der Waals surface area contributed by atoms with Crippen LogP contribution in [0.25, 0.3) is 0 Å². The molecule has 1 aromatic carbocycles. The molecule has 0 saturated carbocycles. The molecule has 0 bridgehead atoms. The Labute approximate surface area is 170 Å². The normalized spacial score (nSPS) is 18.0. The standard InChI is InChI=1S/C22H26FN3O3/c23-19-2-4-20(5-3-19)25-9-11-26(12-10-25)22(27)18-1-6-21(24-15-18)29-16-17-7-13-28-14-8-17/h1-6,15,17H,7-14,16H2. The Hall–Kier alpha value is -2.67. The fourth-order valence-electron chi connectivity index (χ4n) is 3.71. The number of nitrogens with zero attached hydrogens (tertiary/aromatic N) is 3. The van der Waals surface area contributed by atoms with Gasteiger partial charge in [-0.1, -0.05) is 0 Å². The first-order valence-corrected chi connectivity index (χ1v) is 10.2. The van der Waals surface area contributed by atoms with Crippen molar-refractivity contribution in [2.75, 3.05) is 50.9 Å². The summed E-state index contributed by atoms with van der Waals surface area (Å²) < 4.78 is 24.2. The van der Waals surface area contributed by atoms with Gasteiger partial charge < -0.3 is 19.3 Å². The maximum atomic E-state index is 13.1. The van der Waals surface area contributed by atoms with E-state index in [0.717, 1.165) is 44.8 Å². The number of rotatable bonds is 5. The molecule has 2 saturated heterocycles. The number of hydrogen-bond donors (Lipinski definition) is 0. The first kappa shape index (κ1) is 19.6. The van der Waals surface area contributed by atoms with Crippen LogP contribution in [0.5, 0.6) is 5.88 Å². The molecule has 7 heteroatoms. The van der Waals surface area contributed by atoms with E-state index in [4.69, 9.17) is 9.47 Å². The molecule has 0 spiro atoms. The minimum atomic E-state index is -0.241. The lowest BCUT2D eigenvalue weighted by Crippen LogP contribution is -2.48. The van der Waals surface area contributed by atoms with Gasteiger partial charge in [-0.3, -0.25) is 4.79 Å². The average molecular weight is 399 g/mol. The first-order valence-electron chi connectivity index (χ1n) is 10.2. The van der Waals surface area contributed by atoms with Crippen molar-refractivity contribution in [3.63, 3.8) is 0 Å². The van der Waals surface area contributed by atoms with Crippen LogP contribution in [0, 0.1) is 11.7 Å². The zero-order valence-electron chi connectivity index (χ0n) is 16.4. The lowest BCUT2D eigenvalue weighted by atomic mass is 10.0. The number of amides is 1. The molecule has 2 aromatic rings. The van der Waals surface area contributed by atoms with E-state index in [0.29, 0.717) is 37.1 Å². The number of benzene rings is 1. The summed E-state index contributed by atoms with van der Waals surface area (Å²) in [5.74, 6) is 0.793. The van der Waals surface area contributed by atoms with Gasteiger partial charge in [0, 0.05) is 57.3 Å². The second-order valence-corrected chi connectivity index (χ2v) is 7.51. The Morgan fingerprint density at radius 3 is 2.45 bits per heavy atom. The SMILES string of the molecule is O=C(c1ccc(OCC2CCOCC2)nc1)N1CCN(c2ccc(F)cc2)CC1. The van der Waals surface area contributed by atoms with Crippen LogP contribution in [-0.4, -0.2) is 61.8 Å². The predicted octanol–water partition coefficient (Wildman–Crippen LogP) is 2.99. The number of carbonyl (C=O) groups is 1. The van der Waals surface area contributed by atoms with E-state index in [1.807, 2.05) is 4.90 Å². The molecular weight excluding hydrogens is 373 g/mol. The van der Waals surface area contributed by atoms with Crippen LogP contribution >= 0.6 is 0 Å². The molecule has 29 heavy (non-hydrogen) atoms. The van der Waals surface area contributed by atoms with Crippen molar-refractivity contribution in [1.82, 2.24) is 9.88 Å². The highest BCUT2D eigenvalue weighted by Crippen LogP contribution is 2.19. The molecule has 154 valence electrons. The van der Waals surface area contributed by atoms with Gasteiger partial charge >= 0.3 is 0 Å². The fourth-order valence-corrected chi connectivity index (χ4v) is 3.71. The summed E-state index contributed by atoms with van der Waals surface area (Å²) in [6.45, 7) is 4.91. The highest BCUT2D eigenvalue weighted by molar-refractivity contribution is 5.94. The number of carbonyl (C=O) groups excluding carboxylic acids is 1. The Balaban J connectivity index is 1.27. The lowest BCUT2D eigenvalue weighted by molar-refractivity contribution is 0.0490. The van der Waals surface area contributed by atoms with E-state index in [-0.39, 0.29) is 11.7 Å². The van der Waals surface area contributed by atoms with Crippen molar-refractivity contribution in [2.45, 2.75) is 12.8 Å². The molecule has 2 aliphatic rings. The monoisotopic (exact) mass is 399 g/mol. The van der Waals surface area contributed by atoms with Gasteiger partial charge in [0.2, 0.25) is 5.88 Å². The van der Waals surface area contributed by atoms with Crippen molar-refractivity contribution in [3.05, 3.63) is 54.0 Å². The van der Waals surface area contributed by atoms with Crippen molar-refractivity contribution in [1.29, 1.82) is 0 Å². The van der Waals surface area contributed by atoms with E-state index in [2.05, 4.69) is 9.88 Å². The van der Waals surface area contributed by atoms with Crippen LogP contribution in [0.1, 0.15) is 23.2 Å². The fraction of sp³-hybridized carbons (Fsp3) is 0.455. The van der Waals surface area contributed by atoms with Gasteiger partial charge in [-0.15, -0.1) is 0 Å². The summed E-state index contributed by atoms with van der Waals surface area (Å²) in [6, 6.07) is 10.0. The van der Waals surface area contributed by atoms with Gasteiger partial charge in [0.15, 0.2) is 0 Å². The van der Waals surface area contributed by atoms with Crippen molar-refractivity contribution in [2.24, 2.45) is 5.92 Å². The summed E-state index contributed by atoms with van der Waals surface area (Å²) in [6.07, 6.45) is 3.62. The highest BCUT2D eigenvalue weighted by atomic mass is 19.1. The van der Waals surface area contributed by atoms with Gasteiger partial charge in [0.25, 0.3) is 5.91 Å². The van der Waals surface area contributed by atoms with Gasteiger partial charge in [-0.25, -0.2) is 9.37 Å². The van der Waals surface area contributed by atoms with Crippen molar-refractivity contribution in [3.8, 4) is 5.88 Å². The molecule has 1 amide bonds. The number of aromatic nitrogens is 1. The zero-order valence-corrected chi connectivity index (χ0v) is 16.4. The Bertz CT molecular complexity index is 799. The predicted molar refractivity (Wildman–Crippen MR) is 108 cm³/mol. The van der Waals surface area contributed by atoms with Gasteiger partial charge in [0.05, 0.1) is 12.2 Å². The smallest absolute Gasteiger partial charge is 0.255 e. The number of hydrogen-bond acceptors (Lipinski definition) is 5. The summed E-state index contributed by atoms with van der Waals surface area (Å²) in [5.41, 5.74) is 1.55. The van der Waals surface area contributed by atoms with Gasteiger partial charge in [0.1, 0.15) is 5.82 Å². The third-order valence-electron chi connectivity index (χ3n) is 5.55. The Kier molecular flexibility index (Phi) is 6.24. The first-order chi connectivity index (χ1) is 14.2. The van der Waals surface area contributed by atoms with E-state index in [1.54, 1.807) is 30.5 Å². The molecule has 4 rings (SSSR count). The van der Waals surface area contributed by atoms with Gasteiger partial charge in [-0.05, 0) is 49.1 Å². The van der Waals surface area contributed by atoms with Crippen LogP contribution < -0.4 is 9.64 Å². The number of piperazine rings is 1. The Morgan fingerprint density at radius 1 is 1.07 bits per heavy atom. The maximum absolute atomic E-state index is 13.1. The van der Waals surface area contributed by atoms with Crippen molar-refractivity contribution >= 4 is 11.6 Å². The number of halogens is 1. The van der Waals surface area contributed by atoms with E-state index < -0.39 is 0 Å². The molecule has 1 aromatic heterocycles. The quantitative estimate of drug-likeness (QED) is 0.774. The van der Waals surface area contributed by atoms with E-state index in [1.165, 1.54) is 12.1 Å². The Morgan fingerprint density at radius 2 is 1.79 bits per heavy atom. The molecule has 2 fully saturated rings. The summed E-state index contributed by atoms with van der Waals surface area (Å²) >= 11 is 0. The van der Waals surface area contributed by atoms with Crippen LogP contribution in [0.2, 0.25) is 0 Å². The van der Waals surface area contributed by atoms with Crippen LogP contribution in [0.3, 0.4) is 0 Å². The summed E-state index contributed by atoms with van der Waals surface area (Å²) in [7, 11) is 0. The topological polar surface area (TPSA) is 54.9 Å². The molecule has 0 N–H and O–H groups in total. The van der Waals surface area contributed by atoms with Crippen LogP contribution in [0.4, 0.5) is 10.1 Å². The minimum absolute atomic E-state index is 0.0211. The summed E-state index contributed by atoms with van der Waals surface area (Å²) in [5, 5.41) is 0. The number of pyridine rings is 1. The molecule has 6 nitrogen and oxygen atoms in total. The van der Waals surface area contributed by atoms with Gasteiger partial charge in [-0.2, -0.15) is 0 Å². The van der Waals surface area contributed by atoms with Crippen LogP contribution in [-0.2, 0) is 4.74 Å². The molecule has 2 aliphatic heterocycles. The maximum Gasteiger partial charge on any atom is 0.255 e. The molecule has 0 unspecified atom stereocenters. The van der Waals surface area contributed by atoms with E-state index >= 15 is 0 Å². The number of ether oxygens (including phenoxy) is 2. The lowest BCUT2D eigenvalue weighted by Gasteiger charge is -2.36. The molecule has 0 aliphatic carbocycles. The van der Waals surface area contributed by atoms with Crippen LogP contribution in [0.15, 0.2) is 42.6 Å². The largest absolute Gasteiger partial charge is 0.477 e. The van der Waals surface area contributed by atoms with Crippen molar-refractivity contribution < 1.29 is 18.7 Å². The second kappa shape index (κ2) is 9.22. The molecular formula is C22H26FN3O3. The average Bonchev–Trinajstić information content (AvgIpc) is 2.79. The zero-order chi connectivity index (χ0) is 20.1. The number of anilines is 1. The minimum Gasteiger partial charge on any atom is -0.477 e. The molecule has 0 radical (unpaired) electrons. The summed E-state index contributed by atoms with van der Waals surface area (Å²) in [4.78, 5) is 21.1.